The molecule has 2 aromatic heterocycles. The molecule has 3 aromatic rings. The van der Waals surface area contributed by atoms with Crippen molar-refractivity contribution in [1.29, 1.82) is 0 Å². The highest BCUT2D eigenvalue weighted by Gasteiger charge is 2.30. The zero-order valence-electron chi connectivity index (χ0n) is 13.5. The zero-order chi connectivity index (χ0) is 18.5. The molecule has 0 spiro atoms. The summed E-state index contributed by atoms with van der Waals surface area (Å²) in [4.78, 5) is 19.9. The first kappa shape index (κ1) is 17.0. The van der Waals surface area contributed by atoms with Crippen LogP contribution in [0.2, 0.25) is 5.02 Å². The number of amides is 1. The van der Waals surface area contributed by atoms with E-state index in [9.17, 15) is 13.2 Å². The summed E-state index contributed by atoms with van der Waals surface area (Å²) in [5, 5.41) is 3.66. The van der Waals surface area contributed by atoms with Gasteiger partial charge in [0.2, 0.25) is 0 Å². The van der Waals surface area contributed by atoms with E-state index in [0.717, 1.165) is 5.39 Å². The van der Waals surface area contributed by atoms with Gasteiger partial charge in [-0.3, -0.25) is 4.79 Å². The quantitative estimate of drug-likeness (QED) is 0.621. The molecule has 134 valence electrons. The lowest BCUT2D eigenvalue weighted by Gasteiger charge is -2.23. The van der Waals surface area contributed by atoms with Crippen LogP contribution in [-0.4, -0.2) is 30.0 Å². The summed E-state index contributed by atoms with van der Waals surface area (Å²) in [6.07, 6.45) is 3.61. The minimum atomic E-state index is -3.48. The Kier molecular flexibility index (Phi) is 3.98. The van der Waals surface area contributed by atoms with Crippen molar-refractivity contribution >= 4 is 44.1 Å². The first-order valence-corrected chi connectivity index (χ1v) is 9.95. The van der Waals surface area contributed by atoms with Crippen molar-refractivity contribution in [2.24, 2.45) is 5.73 Å². The normalized spacial score (nSPS) is 18.5. The number of H-pyrrole nitrogens is 1. The van der Waals surface area contributed by atoms with E-state index in [0.29, 0.717) is 23.3 Å². The number of aromatic amines is 1. The summed E-state index contributed by atoms with van der Waals surface area (Å²) in [6, 6.07) is 5.83. The SMILES string of the molecule is N[C@@H]1CCS(=O)(=O)c2cc(C(=O)Nc3ccnc4[nH]ccc34)c(Cl)cc21. The molecule has 1 atom stereocenters. The van der Waals surface area contributed by atoms with Crippen LogP contribution in [0.4, 0.5) is 5.69 Å². The highest BCUT2D eigenvalue weighted by molar-refractivity contribution is 7.91. The number of benzene rings is 1. The third-order valence-corrected chi connectivity index (χ3v) is 6.59. The number of aromatic nitrogens is 2. The minimum Gasteiger partial charge on any atom is -0.346 e. The van der Waals surface area contributed by atoms with Gasteiger partial charge in [0.15, 0.2) is 9.84 Å². The Balaban J connectivity index is 1.76. The Hall–Kier alpha value is -2.42. The fourth-order valence-electron chi connectivity index (χ4n) is 3.11. The molecule has 0 aliphatic carbocycles. The van der Waals surface area contributed by atoms with Crippen LogP contribution >= 0.6 is 11.6 Å². The summed E-state index contributed by atoms with van der Waals surface area (Å²) in [7, 11) is -3.48. The van der Waals surface area contributed by atoms with Crippen molar-refractivity contribution < 1.29 is 13.2 Å². The van der Waals surface area contributed by atoms with Crippen LogP contribution in [0.1, 0.15) is 28.4 Å². The number of halogens is 1. The predicted octanol–water partition coefficient (Wildman–Crippen LogP) is 2.65. The molecule has 0 saturated carbocycles. The lowest BCUT2D eigenvalue weighted by atomic mass is 10.0. The number of rotatable bonds is 2. The van der Waals surface area contributed by atoms with E-state index in [4.69, 9.17) is 17.3 Å². The van der Waals surface area contributed by atoms with Gasteiger partial charge in [-0.1, -0.05) is 11.6 Å². The molecule has 1 aliphatic heterocycles. The van der Waals surface area contributed by atoms with Crippen molar-refractivity contribution in [3.8, 4) is 0 Å². The van der Waals surface area contributed by atoms with E-state index in [-0.39, 0.29) is 21.2 Å². The molecule has 0 unspecified atom stereocenters. The maximum atomic E-state index is 12.7. The maximum Gasteiger partial charge on any atom is 0.257 e. The van der Waals surface area contributed by atoms with E-state index in [2.05, 4.69) is 15.3 Å². The van der Waals surface area contributed by atoms with Crippen LogP contribution in [0.3, 0.4) is 0 Å². The molecule has 1 aromatic carbocycles. The standard InChI is InChI=1S/C17H15ClN4O3S/c18-12-7-11-13(19)3-6-26(24,25)15(11)8-10(12)17(23)22-14-2-5-21-16-9(14)1-4-20-16/h1-2,4-5,7-8,13H,3,6,19H2,(H2,20,21,22,23)/t13-/m1/s1. The van der Waals surface area contributed by atoms with Gasteiger partial charge >= 0.3 is 0 Å². The number of nitrogens with one attached hydrogen (secondary N) is 2. The number of sulfone groups is 1. The summed E-state index contributed by atoms with van der Waals surface area (Å²) < 4.78 is 24.7. The monoisotopic (exact) mass is 390 g/mol. The highest BCUT2D eigenvalue weighted by Crippen LogP contribution is 2.35. The molecule has 0 saturated heterocycles. The number of carbonyl (C=O) groups is 1. The number of carbonyl (C=O) groups excluding carboxylic acids is 1. The second-order valence-corrected chi connectivity index (χ2v) is 8.62. The summed E-state index contributed by atoms with van der Waals surface area (Å²) in [5.41, 5.74) is 7.73. The van der Waals surface area contributed by atoms with Gasteiger partial charge in [-0.05, 0) is 36.2 Å². The molecule has 1 aliphatic rings. The Labute approximate surface area is 154 Å². The third-order valence-electron chi connectivity index (χ3n) is 4.48. The largest absolute Gasteiger partial charge is 0.346 e. The lowest BCUT2D eigenvalue weighted by Crippen LogP contribution is -2.26. The van der Waals surface area contributed by atoms with Gasteiger partial charge < -0.3 is 16.0 Å². The van der Waals surface area contributed by atoms with Gasteiger partial charge in [-0.2, -0.15) is 0 Å². The van der Waals surface area contributed by atoms with Gasteiger partial charge in [-0.15, -0.1) is 0 Å². The fourth-order valence-corrected chi connectivity index (χ4v) is 5.02. The van der Waals surface area contributed by atoms with Gasteiger partial charge in [0, 0.05) is 23.8 Å². The Morgan fingerprint density at radius 2 is 2.15 bits per heavy atom. The topological polar surface area (TPSA) is 118 Å². The van der Waals surface area contributed by atoms with Crippen molar-refractivity contribution in [3.63, 3.8) is 0 Å². The van der Waals surface area contributed by atoms with E-state index < -0.39 is 21.8 Å². The maximum absolute atomic E-state index is 12.7. The number of nitrogens with zero attached hydrogens (tertiary/aromatic N) is 1. The minimum absolute atomic E-state index is 0.0435. The van der Waals surface area contributed by atoms with E-state index in [1.54, 1.807) is 24.5 Å². The lowest BCUT2D eigenvalue weighted by molar-refractivity contribution is 0.102. The summed E-state index contributed by atoms with van der Waals surface area (Å²) >= 11 is 6.25. The van der Waals surface area contributed by atoms with Crippen LogP contribution < -0.4 is 11.1 Å². The number of fused-ring (bicyclic) bond motifs is 2. The van der Waals surface area contributed by atoms with Gasteiger partial charge in [0.1, 0.15) is 5.65 Å². The fraction of sp³-hybridized carbons (Fsp3) is 0.176. The smallest absolute Gasteiger partial charge is 0.257 e. The van der Waals surface area contributed by atoms with Crippen LogP contribution in [0.5, 0.6) is 0 Å². The van der Waals surface area contributed by atoms with Gasteiger partial charge in [0.05, 0.1) is 26.9 Å². The second-order valence-electron chi connectivity index (χ2n) is 6.14. The predicted molar refractivity (Wildman–Crippen MR) is 99.1 cm³/mol. The molecule has 7 nitrogen and oxygen atoms in total. The van der Waals surface area contributed by atoms with Crippen LogP contribution in [-0.2, 0) is 9.84 Å². The number of hydrogen-bond donors (Lipinski definition) is 3. The average Bonchev–Trinajstić information content (AvgIpc) is 3.08. The number of pyridine rings is 1. The molecule has 0 bridgehead atoms. The van der Waals surface area contributed by atoms with Gasteiger partial charge in [0.25, 0.3) is 5.91 Å². The first-order chi connectivity index (χ1) is 12.4. The molecular formula is C17H15ClN4O3S. The summed E-state index contributed by atoms with van der Waals surface area (Å²) in [5.74, 6) is -0.543. The Morgan fingerprint density at radius 1 is 1.35 bits per heavy atom. The van der Waals surface area contributed by atoms with E-state index in [1.165, 1.54) is 12.1 Å². The molecule has 4 rings (SSSR count). The molecule has 1 amide bonds. The Bertz CT molecular complexity index is 1140. The molecular weight excluding hydrogens is 376 g/mol. The number of nitrogens with two attached hydrogens (primary N) is 1. The van der Waals surface area contributed by atoms with Crippen LogP contribution in [0, 0.1) is 0 Å². The molecule has 0 fully saturated rings. The third kappa shape index (κ3) is 2.76. The van der Waals surface area contributed by atoms with Crippen molar-refractivity contribution in [1.82, 2.24) is 9.97 Å². The average molecular weight is 391 g/mol. The first-order valence-electron chi connectivity index (χ1n) is 7.92. The Morgan fingerprint density at radius 3 is 2.96 bits per heavy atom. The molecule has 4 N–H and O–H groups in total. The van der Waals surface area contributed by atoms with E-state index in [1.807, 2.05) is 0 Å². The van der Waals surface area contributed by atoms with Gasteiger partial charge in [-0.25, -0.2) is 13.4 Å². The van der Waals surface area contributed by atoms with E-state index >= 15 is 0 Å². The highest BCUT2D eigenvalue weighted by atomic mass is 35.5. The number of hydrogen-bond acceptors (Lipinski definition) is 5. The molecule has 9 heteroatoms. The molecule has 3 heterocycles. The molecule has 26 heavy (non-hydrogen) atoms. The number of anilines is 1. The van der Waals surface area contributed by atoms with Crippen LogP contribution in [0.15, 0.2) is 41.6 Å². The van der Waals surface area contributed by atoms with Crippen molar-refractivity contribution in [3.05, 3.63) is 52.8 Å². The van der Waals surface area contributed by atoms with Crippen molar-refractivity contribution in [2.45, 2.75) is 17.4 Å². The van der Waals surface area contributed by atoms with Crippen LogP contribution in [0.25, 0.3) is 11.0 Å². The summed E-state index contributed by atoms with van der Waals surface area (Å²) in [6.45, 7) is 0. The van der Waals surface area contributed by atoms with Crippen molar-refractivity contribution in [2.75, 3.05) is 11.1 Å². The molecule has 0 radical (unpaired) electrons. The second kappa shape index (κ2) is 6.08. The zero-order valence-corrected chi connectivity index (χ0v) is 15.1.